The lowest BCUT2D eigenvalue weighted by molar-refractivity contribution is 0.0946. The highest BCUT2D eigenvalue weighted by Crippen LogP contribution is 2.19. The molecule has 8 nitrogen and oxygen atoms in total. The van der Waals surface area contributed by atoms with Gasteiger partial charge in [0, 0.05) is 6.54 Å². The third-order valence-electron chi connectivity index (χ3n) is 3.90. The fourth-order valence-electron chi connectivity index (χ4n) is 2.54. The van der Waals surface area contributed by atoms with Crippen molar-refractivity contribution in [1.82, 2.24) is 20.3 Å². The van der Waals surface area contributed by atoms with Crippen LogP contribution in [0.5, 0.6) is 11.5 Å². The monoisotopic (exact) mass is 367 g/mol. The molecule has 0 fully saturated rings. The normalized spacial score (nSPS) is 10.4. The van der Waals surface area contributed by atoms with E-state index in [9.17, 15) is 4.79 Å². The van der Waals surface area contributed by atoms with E-state index in [1.54, 1.807) is 19.2 Å². The third kappa shape index (κ3) is 4.17. The first-order chi connectivity index (χ1) is 13.1. The summed E-state index contributed by atoms with van der Waals surface area (Å²) in [5.74, 6) is 1.24. The van der Waals surface area contributed by atoms with Gasteiger partial charge in [0.1, 0.15) is 11.5 Å². The molecule has 27 heavy (non-hydrogen) atoms. The molecule has 8 heteroatoms. The molecule has 0 spiro atoms. The highest BCUT2D eigenvalue weighted by molar-refractivity contribution is 5.96. The van der Waals surface area contributed by atoms with Gasteiger partial charge in [-0.1, -0.05) is 17.3 Å². The Bertz CT molecular complexity index is 921. The minimum atomic E-state index is -0.396. The van der Waals surface area contributed by atoms with Crippen LogP contribution in [-0.2, 0) is 6.54 Å². The number of ether oxygens (including phenoxy) is 2. The zero-order valence-electron chi connectivity index (χ0n) is 15.2. The van der Waals surface area contributed by atoms with Crippen LogP contribution in [-0.4, -0.2) is 34.6 Å². The van der Waals surface area contributed by atoms with Gasteiger partial charge >= 0.3 is 0 Å². The standard InChI is InChI=1S/C19H21N5O3/c1-3-27-15-9-7-14(8-10-15)24-18(20)17(22-23-24)19(25)21-12-13-5-4-6-16(11-13)26-2/h4-11H,3,12,20H2,1-2H3,(H,21,25). The zero-order chi connectivity index (χ0) is 19.2. The van der Waals surface area contributed by atoms with Crippen LogP contribution in [0, 0.1) is 0 Å². The number of carbonyl (C=O) groups is 1. The lowest BCUT2D eigenvalue weighted by Gasteiger charge is -2.07. The van der Waals surface area contributed by atoms with Gasteiger partial charge in [-0.25, -0.2) is 0 Å². The first kappa shape index (κ1) is 18.2. The second kappa shape index (κ2) is 8.22. The lowest BCUT2D eigenvalue weighted by atomic mass is 10.2. The van der Waals surface area contributed by atoms with Gasteiger partial charge in [-0.3, -0.25) is 4.79 Å². The van der Waals surface area contributed by atoms with Crippen LogP contribution in [0.4, 0.5) is 5.82 Å². The van der Waals surface area contributed by atoms with Crippen molar-refractivity contribution in [2.45, 2.75) is 13.5 Å². The Morgan fingerprint density at radius 3 is 2.67 bits per heavy atom. The van der Waals surface area contributed by atoms with Gasteiger partial charge in [0.2, 0.25) is 0 Å². The summed E-state index contributed by atoms with van der Waals surface area (Å²) < 4.78 is 12.0. The van der Waals surface area contributed by atoms with E-state index in [-0.39, 0.29) is 11.5 Å². The van der Waals surface area contributed by atoms with Gasteiger partial charge in [0.05, 0.1) is 19.4 Å². The van der Waals surface area contributed by atoms with Gasteiger partial charge in [0.15, 0.2) is 11.5 Å². The number of hydrogen-bond donors (Lipinski definition) is 2. The molecule has 0 aliphatic carbocycles. The third-order valence-corrected chi connectivity index (χ3v) is 3.90. The van der Waals surface area contributed by atoms with E-state index < -0.39 is 5.91 Å². The molecule has 1 heterocycles. The molecular formula is C19H21N5O3. The average Bonchev–Trinajstić information content (AvgIpc) is 3.08. The number of nitrogens with two attached hydrogens (primary N) is 1. The predicted molar refractivity (Wildman–Crippen MR) is 101 cm³/mol. The first-order valence-corrected chi connectivity index (χ1v) is 8.48. The SMILES string of the molecule is CCOc1ccc(-n2nnc(C(=O)NCc3cccc(OC)c3)c2N)cc1. The minimum absolute atomic E-state index is 0.0757. The van der Waals surface area contributed by atoms with Crippen molar-refractivity contribution >= 4 is 11.7 Å². The van der Waals surface area contributed by atoms with Crippen LogP contribution in [0.3, 0.4) is 0 Å². The smallest absolute Gasteiger partial charge is 0.275 e. The maximum Gasteiger partial charge on any atom is 0.275 e. The Balaban J connectivity index is 1.71. The number of methoxy groups -OCH3 is 1. The van der Waals surface area contributed by atoms with E-state index in [4.69, 9.17) is 15.2 Å². The van der Waals surface area contributed by atoms with Gasteiger partial charge in [-0.15, -0.1) is 5.10 Å². The number of rotatable bonds is 7. The quantitative estimate of drug-likeness (QED) is 0.663. The predicted octanol–water partition coefficient (Wildman–Crippen LogP) is 2.19. The van der Waals surface area contributed by atoms with E-state index in [2.05, 4.69) is 15.6 Å². The number of carbonyl (C=O) groups excluding carboxylic acids is 1. The van der Waals surface area contributed by atoms with Crippen molar-refractivity contribution in [1.29, 1.82) is 0 Å². The van der Waals surface area contributed by atoms with E-state index in [0.29, 0.717) is 18.8 Å². The Labute approximate surface area is 156 Å². The van der Waals surface area contributed by atoms with Gasteiger partial charge in [0.25, 0.3) is 5.91 Å². The Morgan fingerprint density at radius 1 is 1.19 bits per heavy atom. The molecule has 3 aromatic rings. The first-order valence-electron chi connectivity index (χ1n) is 8.48. The molecule has 0 aliphatic heterocycles. The molecule has 0 saturated heterocycles. The van der Waals surface area contributed by atoms with Gasteiger partial charge in [-0.2, -0.15) is 4.68 Å². The van der Waals surface area contributed by atoms with Crippen molar-refractivity contribution in [3.8, 4) is 17.2 Å². The molecule has 140 valence electrons. The average molecular weight is 367 g/mol. The van der Waals surface area contributed by atoms with Gasteiger partial charge in [-0.05, 0) is 48.9 Å². The molecular weight excluding hydrogens is 346 g/mol. The summed E-state index contributed by atoms with van der Waals surface area (Å²) in [5, 5.41) is 10.7. The molecule has 0 atom stereocenters. The largest absolute Gasteiger partial charge is 0.497 e. The summed E-state index contributed by atoms with van der Waals surface area (Å²) in [4.78, 5) is 12.4. The highest BCUT2D eigenvalue weighted by atomic mass is 16.5. The fraction of sp³-hybridized carbons (Fsp3) is 0.211. The van der Waals surface area contributed by atoms with Crippen molar-refractivity contribution in [2.24, 2.45) is 0 Å². The molecule has 1 amide bonds. The van der Waals surface area contributed by atoms with E-state index in [1.807, 2.05) is 43.3 Å². The summed E-state index contributed by atoms with van der Waals surface area (Å²) in [6, 6.07) is 14.7. The summed E-state index contributed by atoms with van der Waals surface area (Å²) in [6.07, 6.45) is 0. The van der Waals surface area contributed by atoms with Crippen molar-refractivity contribution in [2.75, 3.05) is 19.5 Å². The number of benzene rings is 2. The number of aromatic nitrogens is 3. The van der Waals surface area contributed by atoms with Crippen LogP contribution in [0.25, 0.3) is 5.69 Å². The highest BCUT2D eigenvalue weighted by Gasteiger charge is 2.18. The summed E-state index contributed by atoms with van der Waals surface area (Å²) >= 11 is 0. The molecule has 0 unspecified atom stereocenters. The van der Waals surface area contributed by atoms with E-state index in [0.717, 1.165) is 17.1 Å². The number of anilines is 1. The molecule has 0 aliphatic rings. The van der Waals surface area contributed by atoms with E-state index >= 15 is 0 Å². The zero-order valence-corrected chi connectivity index (χ0v) is 15.2. The van der Waals surface area contributed by atoms with Crippen LogP contribution in [0.1, 0.15) is 23.0 Å². The maximum atomic E-state index is 12.4. The van der Waals surface area contributed by atoms with Gasteiger partial charge < -0.3 is 20.5 Å². The van der Waals surface area contributed by atoms with Crippen LogP contribution in [0.15, 0.2) is 48.5 Å². The molecule has 0 radical (unpaired) electrons. The Hall–Kier alpha value is -3.55. The second-order valence-electron chi connectivity index (χ2n) is 5.70. The van der Waals surface area contributed by atoms with Crippen molar-refractivity contribution < 1.29 is 14.3 Å². The lowest BCUT2D eigenvalue weighted by Crippen LogP contribution is -2.24. The molecule has 3 rings (SSSR count). The molecule has 3 N–H and O–H groups in total. The second-order valence-corrected chi connectivity index (χ2v) is 5.70. The number of nitrogen functional groups attached to an aromatic ring is 1. The van der Waals surface area contributed by atoms with E-state index in [1.165, 1.54) is 4.68 Å². The van der Waals surface area contributed by atoms with Crippen molar-refractivity contribution in [3.05, 3.63) is 59.8 Å². The fourth-order valence-corrected chi connectivity index (χ4v) is 2.54. The molecule has 1 aromatic heterocycles. The molecule has 0 bridgehead atoms. The summed E-state index contributed by atoms with van der Waals surface area (Å²) in [5.41, 5.74) is 7.74. The number of hydrogen-bond acceptors (Lipinski definition) is 6. The Morgan fingerprint density at radius 2 is 1.96 bits per heavy atom. The molecule has 0 saturated carbocycles. The van der Waals surface area contributed by atoms with Crippen LogP contribution in [0.2, 0.25) is 0 Å². The number of nitrogens with zero attached hydrogens (tertiary/aromatic N) is 3. The summed E-state index contributed by atoms with van der Waals surface area (Å²) in [7, 11) is 1.59. The topological polar surface area (TPSA) is 104 Å². The summed E-state index contributed by atoms with van der Waals surface area (Å²) in [6.45, 7) is 2.83. The van der Waals surface area contributed by atoms with Crippen molar-refractivity contribution in [3.63, 3.8) is 0 Å². The van der Waals surface area contributed by atoms with Crippen LogP contribution >= 0.6 is 0 Å². The Kier molecular flexibility index (Phi) is 5.55. The maximum absolute atomic E-state index is 12.4. The number of amides is 1. The van der Waals surface area contributed by atoms with Crippen LogP contribution < -0.4 is 20.5 Å². The minimum Gasteiger partial charge on any atom is -0.497 e. The number of nitrogens with one attached hydrogen (secondary N) is 1. The molecule has 2 aromatic carbocycles.